The van der Waals surface area contributed by atoms with Crippen molar-refractivity contribution in [2.24, 2.45) is 0 Å². The Balaban J connectivity index is 1.56. The van der Waals surface area contributed by atoms with Gasteiger partial charge >= 0.3 is 11.9 Å². The molecule has 1 saturated heterocycles. The Morgan fingerprint density at radius 2 is 2.25 bits per heavy atom. The normalized spacial score (nSPS) is 21.3. The summed E-state index contributed by atoms with van der Waals surface area (Å²) in [5.41, 5.74) is 1.22. The number of H-pyrrole nitrogens is 1. The van der Waals surface area contributed by atoms with Crippen LogP contribution in [-0.2, 0) is 19.1 Å². The number of esters is 1. The molecule has 0 radical (unpaired) electrons. The molecule has 4 rings (SSSR count). The number of hydrogen-bond acceptors (Lipinski definition) is 8. The summed E-state index contributed by atoms with van der Waals surface area (Å²) >= 11 is 1.37. The number of aromatic amines is 1. The first kappa shape index (κ1) is 18.2. The Morgan fingerprint density at radius 1 is 1.46 bits per heavy atom. The highest BCUT2D eigenvalue weighted by Gasteiger charge is 2.54. The molecule has 1 aromatic heterocycles. The maximum absolute atomic E-state index is 12.6. The number of nitrogens with zero attached hydrogens (tertiary/aromatic N) is 2. The van der Waals surface area contributed by atoms with E-state index < -0.39 is 29.3 Å². The summed E-state index contributed by atoms with van der Waals surface area (Å²) in [6, 6.07) is 4.25. The number of aromatic nitrogens is 2. The summed E-state index contributed by atoms with van der Waals surface area (Å²) in [4.78, 5) is 43.8. The molecule has 1 aromatic carbocycles. The van der Waals surface area contributed by atoms with Crippen LogP contribution in [0.25, 0.3) is 11.0 Å². The first-order valence-corrected chi connectivity index (χ1v) is 9.39. The number of phenolic OH excluding ortho intramolecular Hbond substituents is 1. The number of aliphatic carboxylic acids is 1. The van der Waals surface area contributed by atoms with Crippen molar-refractivity contribution in [1.82, 2.24) is 14.9 Å². The largest absolute Gasteiger partial charge is 0.506 e. The number of ether oxygens (including phenoxy) is 1. The van der Waals surface area contributed by atoms with Gasteiger partial charge in [-0.05, 0) is 12.1 Å². The monoisotopic (exact) mass is 404 g/mol. The average molecular weight is 404 g/mol. The second-order valence-electron chi connectivity index (χ2n) is 6.33. The number of fused-ring (bicyclic) bond motifs is 2. The van der Waals surface area contributed by atoms with Crippen molar-refractivity contribution >= 4 is 46.6 Å². The van der Waals surface area contributed by atoms with Gasteiger partial charge in [-0.25, -0.2) is 9.78 Å². The van der Waals surface area contributed by atoms with Crippen LogP contribution in [-0.4, -0.2) is 66.7 Å². The van der Waals surface area contributed by atoms with Crippen LogP contribution in [0, 0.1) is 0 Å². The maximum atomic E-state index is 12.6. The molecule has 2 atom stereocenters. The number of β-lactam (4-membered cyclic amide) rings is 1. The summed E-state index contributed by atoms with van der Waals surface area (Å²) in [7, 11) is 0. The van der Waals surface area contributed by atoms with E-state index in [-0.39, 0.29) is 18.1 Å². The van der Waals surface area contributed by atoms with Gasteiger partial charge in [0.1, 0.15) is 35.0 Å². The molecule has 0 saturated carbocycles. The molecule has 2 aliphatic heterocycles. The van der Waals surface area contributed by atoms with E-state index in [0.29, 0.717) is 28.3 Å². The van der Waals surface area contributed by atoms with Crippen molar-refractivity contribution in [1.29, 1.82) is 0 Å². The fourth-order valence-corrected chi connectivity index (χ4v) is 4.54. The summed E-state index contributed by atoms with van der Waals surface area (Å²) in [6.07, 6.45) is 0. The van der Waals surface area contributed by atoms with Crippen LogP contribution in [0.1, 0.15) is 6.92 Å². The number of carboxylic acid groups (broad SMARTS) is 1. The van der Waals surface area contributed by atoms with Crippen molar-refractivity contribution in [3.05, 3.63) is 29.5 Å². The van der Waals surface area contributed by atoms with Crippen LogP contribution in [0.5, 0.6) is 5.75 Å². The lowest BCUT2D eigenvalue weighted by Crippen LogP contribution is -2.67. The molecule has 2 aliphatic rings. The van der Waals surface area contributed by atoms with Gasteiger partial charge in [0.15, 0.2) is 0 Å². The van der Waals surface area contributed by atoms with E-state index in [2.05, 4.69) is 15.3 Å². The highest BCUT2D eigenvalue weighted by molar-refractivity contribution is 8.00. The average Bonchev–Trinajstić information content (AvgIpc) is 3.07. The van der Waals surface area contributed by atoms with Gasteiger partial charge in [-0.1, -0.05) is 6.07 Å². The van der Waals surface area contributed by atoms with Gasteiger partial charge in [-0.3, -0.25) is 14.5 Å². The number of carbonyl (C=O) groups excluding carboxylic acids is 2. The predicted octanol–water partition coefficient (Wildman–Crippen LogP) is 0.866. The van der Waals surface area contributed by atoms with Crippen molar-refractivity contribution in [2.75, 3.05) is 17.7 Å². The number of anilines is 1. The molecule has 10 nitrogen and oxygen atoms in total. The first-order chi connectivity index (χ1) is 13.4. The lowest BCUT2D eigenvalue weighted by molar-refractivity contribution is -0.147. The second-order valence-corrected chi connectivity index (χ2v) is 7.43. The molecule has 0 aliphatic carbocycles. The van der Waals surface area contributed by atoms with Crippen LogP contribution in [0.4, 0.5) is 5.95 Å². The van der Waals surface area contributed by atoms with E-state index in [0.717, 1.165) is 0 Å². The van der Waals surface area contributed by atoms with E-state index in [9.17, 15) is 24.6 Å². The molecule has 1 amide bonds. The number of hydrogen-bond donors (Lipinski definition) is 4. The molecule has 2 aromatic rings. The minimum absolute atomic E-state index is 0.0154. The van der Waals surface area contributed by atoms with Gasteiger partial charge in [0, 0.05) is 18.2 Å². The summed E-state index contributed by atoms with van der Waals surface area (Å²) in [6.45, 7) is 1.07. The molecule has 0 spiro atoms. The molecule has 28 heavy (non-hydrogen) atoms. The number of carboxylic acids is 1. The molecular weight excluding hydrogens is 388 g/mol. The highest BCUT2D eigenvalue weighted by atomic mass is 32.2. The van der Waals surface area contributed by atoms with Gasteiger partial charge < -0.3 is 25.3 Å². The minimum Gasteiger partial charge on any atom is -0.506 e. The van der Waals surface area contributed by atoms with Crippen LogP contribution in [0.15, 0.2) is 29.5 Å². The zero-order valence-electron chi connectivity index (χ0n) is 14.6. The fraction of sp³-hybridized carbons (Fsp3) is 0.294. The van der Waals surface area contributed by atoms with Crippen LogP contribution in [0.2, 0.25) is 0 Å². The molecule has 3 heterocycles. The third-order valence-electron chi connectivity index (χ3n) is 4.48. The van der Waals surface area contributed by atoms with E-state index in [1.54, 1.807) is 12.1 Å². The Kier molecular flexibility index (Phi) is 4.38. The maximum Gasteiger partial charge on any atom is 0.352 e. The number of thioether (sulfide) groups is 1. The number of amides is 1. The molecular formula is C17H16N4O6S. The molecule has 11 heteroatoms. The smallest absolute Gasteiger partial charge is 0.352 e. The molecule has 1 unspecified atom stereocenters. The molecule has 4 N–H and O–H groups in total. The lowest BCUT2D eigenvalue weighted by atomic mass is 10.0. The van der Waals surface area contributed by atoms with Crippen molar-refractivity contribution in [2.45, 2.75) is 18.3 Å². The van der Waals surface area contributed by atoms with Gasteiger partial charge in [0.05, 0.1) is 5.52 Å². The lowest BCUT2D eigenvalue weighted by Gasteiger charge is -2.49. The molecule has 0 bridgehead atoms. The number of phenols is 1. The van der Waals surface area contributed by atoms with Gasteiger partial charge in [0.2, 0.25) is 5.95 Å². The summed E-state index contributed by atoms with van der Waals surface area (Å²) in [5.74, 6) is -1.54. The van der Waals surface area contributed by atoms with E-state index in [4.69, 9.17) is 4.74 Å². The number of aromatic hydroxyl groups is 1. The first-order valence-electron chi connectivity index (χ1n) is 8.34. The number of benzene rings is 1. The van der Waals surface area contributed by atoms with Gasteiger partial charge in [-0.2, -0.15) is 0 Å². The number of carbonyl (C=O) groups is 3. The summed E-state index contributed by atoms with van der Waals surface area (Å²) in [5, 5.41) is 21.9. The minimum atomic E-state index is -1.24. The van der Waals surface area contributed by atoms with Gasteiger partial charge in [-0.15, -0.1) is 11.8 Å². The number of rotatable bonds is 5. The number of para-hydroxylation sites is 1. The van der Waals surface area contributed by atoms with Gasteiger partial charge in [0.25, 0.3) is 5.91 Å². The van der Waals surface area contributed by atoms with Crippen molar-refractivity contribution in [3.8, 4) is 5.75 Å². The SMILES string of the molecule is CC(=O)OCC1=C(C(=O)O)N2C(=O)C(Nc3nc4c(O)cccc4[nH]3)[C@@H]2SC1. The Bertz CT molecular complexity index is 1030. The third-order valence-corrected chi connectivity index (χ3v) is 5.82. The topological polar surface area (TPSA) is 145 Å². The third kappa shape index (κ3) is 2.93. The summed E-state index contributed by atoms with van der Waals surface area (Å²) < 4.78 is 4.91. The Labute approximate surface area is 162 Å². The van der Waals surface area contributed by atoms with E-state index in [1.165, 1.54) is 29.7 Å². The van der Waals surface area contributed by atoms with E-state index in [1.807, 2.05) is 0 Å². The van der Waals surface area contributed by atoms with Crippen LogP contribution < -0.4 is 5.32 Å². The van der Waals surface area contributed by atoms with Crippen LogP contribution >= 0.6 is 11.8 Å². The quantitative estimate of drug-likeness (QED) is 0.421. The van der Waals surface area contributed by atoms with Crippen molar-refractivity contribution in [3.63, 3.8) is 0 Å². The Morgan fingerprint density at radius 3 is 2.93 bits per heavy atom. The second kappa shape index (κ2) is 6.75. The zero-order valence-corrected chi connectivity index (χ0v) is 15.4. The zero-order chi connectivity index (χ0) is 20.0. The van der Waals surface area contributed by atoms with E-state index >= 15 is 0 Å². The highest BCUT2D eigenvalue weighted by Crippen LogP contribution is 2.41. The molecule has 146 valence electrons. The standard InChI is InChI=1S/C17H16N4O6S/c1-7(22)27-5-8-6-28-15-12(14(24)21(15)13(8)16(25)26)20-17-18-9-3-2-4-10(23)11(9)19-17/h2-4,12,15,23H,5-6H2,1H3,(H,25,26)(H2,18,19,20)/t12?,15-/m0/s1. The number of imidazole rings is 1. The Hall–Kier alpha value is -3.21. The molecule has 1 fully saturated rings. The van der Waals surface area contributed by atoms with Crippen molar-refractivity contribution < 1.29 is 29.3 Å². The van der Waals surface area contributed by atoms with Crippen LogP contribution in [0.3, 0.4) is 0 Å². The predicted molar refractivity (Wildman–Crippen MR) is 99.6 cm³/mol. The number of nitrogens with one attached hydrogen (secondary N) is 2. The fourth-order valence-electron chi connectivity index (χ4n) is 3.22.